The maximum absolute atomic E-state index is 9.29. The van der Waals surface area contributed by atoms with Crippen molar-refractivity contribution >= 4 is 0 Å². The molecule has 0 radical (unpaired) electrons. The fraction of sp³-hybridized carbons (Fsp3) is 0.700. The minimum atomic E-state index is -0.139. The number of aromatic nitrogens is 2. The van der Waals surface area contributed by atoms with Crippen LogP contribution >= 0.6 is 0 Å². The zero-order valence-electron chi connectivity index (χ0n) is 8.66. The second-order valence-electron chi connectivity index (χ2n) is 3.42. The summed E-state index contributed by atoms with van der Waals surface area (Å²) in [5.41, 5.74) is 0. The van der Waals surface area contributed by atoms with Gasteiger partial charge in [-0.1, -0.05) is 6.92 Å². The van der Waals surface area contributed by atoms with E-state index < -0.39 is 0 Å². The van der Waals surface area contributed by atoms with Gasteiger partial charge in [-0.3, -0.25) is 0 Å². The Labute approximate surface area is 84.8 Å². The summed E-state index contributed by atoms with van der Waals surface area (Å²) in [4.78, 5) is 7.12. The molecule has 0 spiro atoms. The first-order chi connectivity index (χ1) is 6.83. The van der Waals surface area contributed by atoms with Gasteiger partial charge in [-0.25, -0.2) is 4.98 Å². The van der Waals surface area contributed by atoms with Crippen molar-refractivity contribution in [3.8, 4) is 0 Å². The molecule has 1 heterocycles. The lowest BCUT2D eigenvalue weighted by atomic mass is 10.1. The van der Waals surface area contributed by atoms with E-state index in [2.05, 4.69) is 15.3 Å². The van der Waals surface area contributed by atoms with Gasteiger partial charge in [0, 0.05) is 12.4 Å². The van der Waals surface area contributed by atoms with Crippen LogP contribution in [0, 0.1) is 0 Å². The molecule has 0 saturated carbocycles. The number of aliphatic hydroxyl groups is 1. The van der Waals surface area contributed by atoms with Gasteiger partial charge in [-0.15, -0.1) is 0 Å². The summed E-state index contributed by atoms with van der Waals surface area (Å²) in [6, 6.07) is 0. The molecule has 0 amide bonds. The molecule has 1 rings (SSSR count). The molecule has 0 aliphatic carbocycles. The molecular weight excluding hydrogens is 178 g/mol. The monoisotopic (exact) mass is 197 g/mol. The Hall–Kier alpha value is -0.870. The van der Waals surface area contributed by atoms with Crippen molar-refractivity contribution in [2.24, 2.45) is 0 Å². The van der Waals surface area contributed by atoms with Crippen LogP contribution in [0.5, 0.6) is 0 Å². The Morgan fingerprint density at radius 2 is 2.50 bits per heavy atom. The van der Waals surface area contributed by atoms with Crippen LogP contribution in [0.3, 0.4) is 0 Å². The second-order valence-corrected chi connectivity index (χ2v) is 3.42. The molecule has 3 N–H and O–H groups in total. The summed E-state index contributed by atoms with van der Waals surface area (Å²) < 4.78 is 0. The van der Waals surface area contributed by atoms with E-state index in [4.69, 9.17) is 0 Å². The molecule has 1 unspecified atom stereocenters. The predicted octanol–water partition coefficient (Wildman–Crippen LogP) is 1.05. The van der Waals surface area contributed by atoms with E-state index in [1.165, 1.54) is 0 Å². The highest BCUT2D eigenvalue weighted by Crippen LogP contribution is 1.99. The summed E-state index contributed by atoms with van der Waals surface area (Å²) in [5, 5.41) is 12.6. The van der Waals surface area contributed by atoms with Gasteiger partial charge in [-0.2, -0.15) is 0 Å². The number of hydrogen-bond donors (Lipinski definition) is 3. The zero-order valence-corrected chi connectivity index (χ0v) is 8.66. The number of aromatic amines is 1. The highest BCUT2D eigenvalue weighted by Gasteiger charge is 1.99. The lowest BCUT2D eigenvalue weighted by molar-refractivity contribution is 0.157. The first-order valence-electron chi connectivity index (χ1n) is 5.20. The molecular formula is C10H19N3O. The van der Waals surface area contributed by atoms with Crippen LogP contribution in [0.15, 0.2) is 12.4 Å². The average molecular weight is 197 g/mol. The van der Waals surface area contributed by atoms with E-state index in [0.717, 1.165) is 38.2 Å². The third-order valence-electron chi connectivity index (χ3n) is 2.21. The Morgan fingerprint density at radius 3 is 3.14 bits per heavy atom. The lowest BCUT2D eigenvalue weighted by Crippen LogP contribution is -2.17. The van der Waals surface area contributed by atoms with Gasteiger partial charge in [0.15, 0.2) is 0 Å². The van der Waals surface area contributed by atoms with E-state index >= 15 is 0 Å². The average Bonchev–Trinajstić information content (AvgIpc) is 2.69. The highest BCUT2D eigenvalue weighted by molar-refractivity contribution is 4.85. The number of hydrogen-bond acceptors (Lipinski definition) is 3. The third kappa shape index (κ3) is 4.39. The zero-order chi connectivity index (χ0) is 10.2. The maximum Gasteiger partial charge on any atom is 0.120 e. The molecule has 80 valence electrons. The molecule has 0 bridgehead atoms. The Bertz CT molecular complexity index is 223. The topological polar surface area (TPSA) is 60.9 Å². The number of nitrogens with one attached hydrogen (secondary N) is 2. The van der Waals surface area contributed by atoms with E-state index in [1.807, 2.05) is 13.1 Å². The van der Waals surface area contributed by atoms with Crippen LogP contribution in [-0.2, 0) is 6.54 Å². The third-order valence-corrected chi connectivity index (χ3v) is 2.21. The number of H-pyrrole nitrogens is 1. The molecule has 0 aliphatic heterocycles. The number of imidazole rings is 1. The largest absolute Gasteiger partial charge is 0.393 e. The first-order valence-corrected chi connectivity index (χ1v) is 5.20. The Kier molecular flexibility index (Phi) is 5.25. The van der Waals surface area contributed by atoms with Gasteiger partial charge in [-0.05, 0) is 25.8 Å². The van der Waals surface area contributed by atoms with Crippen molar-refractivity contribution in [2.45, 2.75) is 38.8 Å². The molecule has 1 aromatic rings. The fourth-order valence-electron chi connectivity index (χ4n) is 1.27. The predicted molar refractivity (Wildman–Crippen MR) is 55.8 cm³/mol. The van der Waals surface area contributed by atoms with Crippen molar-refractivity contribution < 1.29 is 5.11 Å². The second kappa shape index (κ2) is 6.56. The standard InChI is InChI=1S/C10H19N3O/c1-2-9(14)4-3-5-11-8-10-12-6-7-13-10/h6-7,9,11,14H,2-5,8H2,1H3,(H,12,13). The molecule has 0 aliphatic rings. The van der Waals surface area contributed by atoms with Crippen LogP contribution in [0.1, 0.15) is 32.0 Å². The van der Waals surface area contributed by atoms with Gasteiger partial charge in [0.1, 0.15) is 5.82 Å². The molecule has 14 heavy (non-hydrogen) atoms. The summed E-state index contributed by atoms with van der Waals surface area (Å²) in [7, 11) is 0. The normalized spacial score (nSPS) is 13.0. The van der Waals surface area contributed by atoms with E-state index in [1.54, 1.807) is 6.20 Å². The Morgan fingerprint density at radius 1 is 1.64 bits per heavy atom. The highest BCUT2D eigenvalue weighted by atomic mass is 16.3. The molecule has 4 heteroatoms. The van der Waals surface area contributed by atoms with Crippen LogP contribution in [0.2, 0.25) is 0 Å². The quantitative estimate of drug-likeness (QED) is 0.573. The SMILES string of the molecule is CCC(O)CCCNCc1ncc[nH]1. The van der Waals surface area contributed by atoms with Crippen molar-refractivity contribution in [1.82, 2.24) is 15.3 Å². The molecule has 0 saturated heterocycles. The molecule has 1 atom stereocenters. The smallest absolute Gasteiger partial charge is 0.120 e. The summed E-state index contributed by atoms with van der Waals surface area (Å²) in [5.74, 6) is 0.959. The van der Waals surface area contributed by atoms with Crippen molar-refractivity contribution in [2.75, 3.05) is 6.54 Å². The van der Waals surface area contributed by atoms with Crippen LogP contribution in [0.25, 0.3) is 0 Å². The van der Waals surface area contributed by atoms with Gasteiger partial charge in [0.25, 0.3) is 0 Å². The van der Waals surface area contributed by atoms with Crippen LogP contribution in [0.4, 0.5) is 0 Å². The van der Waals surface area contributed by atoms with Crippen LogP contribution in [-0.4, -0.2) is 27.7 Å². The van der Waals surface area contributed by atoms with Crippen molar-refractivity contribution in [3.63, 3.8) is 0 Å². The number of rotatable bonds is 7. The Balaban J connectivity index is 1.95. The first kappa shape index (κ1) is 11.2. The fourth-order valence-corrected chi connectivity index (χ4v) is 1.27. The van der Waals surface area contributed by atoms with E-state index in [9.17, 15) is 5.11 Å². The van der Waals surface area contributed by atoms with Crippen molar-refractivity contribution in [3.05, 3.63) is 18.2 Å². The molecule has 0 aromatic carbocycles. The summed E-state index contributed by atoms with van der Waals surface area (Å²) in [6.45, 7) is 3.70. The van der Waals surface area contributed by atoms with E-state index in [-0.39, 0.29) is 6.10 Å². The lowest BCUT2D eigenvalue weighted by Gasteiger charge is -2.07. The summed E-state index contributed by atoms with van der Waals surface area (Å²) >= 11 is 0. The molecule has 1 aromatic heterocycles. The van der Waals surface area contributed by atoms with Gasteiger partial charge >= 0.3 is 0 Å². The number of nitrogens with zero attached hydrogens (tertiary/aromatic N) is 1. The van der Waals surface area contributed by atoms with Crippen LogP contribution < -0.4 is 5.32 Å². The van der Waals surface area contributed by atoms with E-state index in [0.29, 0.717) is 0 Å². The molecule has 0 fully saturated rings. The van der Waals surface area contributed by atoms with Gasteiger partial charge in [0.2, 0.25) is 0 Å². The minimum absolute atomic E-state index is 0.139. The maximum atomic E-state index is 9.29. The summed E-state index contributed by atoms with van der Waals surface area (Å²) in [6.07, 6.45) is 6.16. The van der Waals surface area contributed by atoms with Gasteiger partial charge in [0.05, 0.1) is 12.6 Å². The minimum Gasteiger partial charge on any atom is -0.393 e. The molecule has 4 nitrogen and oxygen atoms in total. The van der Waals surface area contributed by atoms with Gasteiger partial charge < -0.3 is 15.4 Å². The van der Waals surface area contributed by atoms with Crippen molar-refractivity contribution in [1.29, 1.82) is 0 Å². The number of aliphatic hydroxyl groups excluding tert-OH is 1.